The lowest BCUT2D eigenvalue weighted by molar-refractivity contribution is 0.0745. The number of hydrogen-bond acceptors (Lipinski definition) is 3. The molecule has 0 unspecified atom stereocenters. The second-order valence-corrected chi connectivity index (χ2v) is 7.27. The summed E-state index contributed by atoms with van der Waals surface area (Å²) < 4.78 is 1.94. The Labute approximate surface area is 160 Å². The van der Waals surface area contributed by atoms with Crippen LogP contribution < -0.4 is 5.32 Å². The molecule has 1 N–H and O–H groups in total. The molecule has 1 aromatic heterocycles. The van der Waals surface area contributed by atoms with Crippen LogP contribution in [0, 0.1) is 0 Å². The molecule has 0 fully saturated rings. The summed E-state index contributed by atoms with van der Waals surface area (Å²) in [5, 5.41) is 2.90. The first kappa shape index (κ1) is 19.1. The van der Waals surface area contributed by atoms with E-state index in [4.69, 9.17) is 0 Å². The van der Waals surface area contributed by atoms with Crippen molar-refractivity contribution in [1.29, 1.82) is 0 Å². The van der Waals surface area contributed by atoms with E-state index in [0.717, 1.165) is 37.1 Å². The van der Waals surface area contributed by atoms with Crippen molar-refractivity contribution in [3.8, 4) is 0 Å². The van der Waals surface area contributed by atoms with Crippen LogP contribution >= 0.6 is 0 Å². The largest absolute Gasteiger partial charge is 0.347 e. The second kappa shape index (κ2) is 8.37. The summed E-state index contributed by atoms with van der Waals surface area (Å²) in [7, 11) is 0. The molecule has 0 bridgehead atoms. The van der Waals surface area contributed by atoms with Crippen LogP contribution in [0.5, 0.6) is 0 Å². The van der Waals surface area contributed by atoms with E-state index in [-0.39, 0.29) is 17.9 Å². The van der Waals surface area contributed by atoms with Gasteiger partial charge in [0.15, 0.2) is 5.82 Å². The molecule has 0 saturated carbocycles. The highest BCUT2D eigenvalue weighted by Gasteiger charge is 2.29. The summed E-state index contributed by atoms with van der Waals surface area (Å²) in [6, 6.07) is 9.96. The van der Waals surface area contributed by atoms with Gasteiger partial charge in [0, 0.05) is 25.7 Å². The Morgan fingerprint density at radius 3 is 2.63 bits per heavy atom. The van der Waals surface area contributed by atoms with Gasteiger partial charge in [0.05, 0.1) is 5.69 Å². The monoisotopic (exact) mass is 368 g/mol. The van der Waals surface area contributed by atoms with Crippen molar-refractivity contribution in [3.05, 3.63) is 53.1 Å². The Hall–Kier alpha value is -2.63. The van der Waals surface area contributed by atoms with Gasteiger partial charge >= 0.3 is 0 Å². The van der Waals surface area contributed by atoms with E-state index in [1.54, 1.807) is 4.90 Å². The van der Waals surface area contributed by atoms with Crippen molar-refractivity contribution in [1.82, 2.24) is 19.8 Å². The van der Waals surface area contributed by atoms with E-state index >= 15 is 0 Å². The molecular weight excluding hydrogens is 340 g/mol. The van der Waals surface area contributed by atoms with Gasteiger partial charge < -0.3 is 14.8 Å². The normalized spacial score (nSPS) is 13.3. The Morgan fingerprint density at radius 2 is 1.96 bits per heavy atom. The zero-order valence-electron chi connectivity index (χ0n) is 16.4. The first-order valence-corrected chi connectivity index (χ1v) is 9.74. The number of carbonyl (C=O) groups is 2. The predicted molar refractivity (Wildman–Crippen MR) is 105 cm³/mol. The predicted octanol–water partition coefficient (Wildman–Crippen LogP) is 3.02. The molecule has 27 heavy (non-hydrogen) atoms. The molecule has 2 heterocycles. The minimum atomic E-state index is -0.210. The van der Waals surface area contributed by atoms with Gasteiger partial charge in [0.25, 0.3) is 11.8 Å². The van der Waals surface area contributed by atoms with Crippen molar-refractivity contribution in [3.63, 3.8) is 0 Å². The minimum Gasteiger partial charge on any atom is -0.347 e. The van der Waals surface area contributed by atoms with E-state index < -0.39 is 0 Å². The standard InChI is InChI=1S/C21H28N4O2/c1-4-24(14-16-10-6-5-7-11-16)21(27)18-17-12-8-9-13-25(17)19(23-18)20(26)22-15(2)3/h5-7,10-11,15H,4,8-9,12-14H2,1-3H3,(H,22,26). The summed E-state index contributed by atoms with van der Waals surface area (Å²) in [6.45, 7) is 7.67. The van der Waals surface area contributed by atoms with Gasteiger partial charge in [0.2, 0.25) is 0 Å². The van der Waals surface area contributed by atoms with Gasteiger partial charge in [0.1, 0.15) is 5.69 Å². The van der Waals surface area contributed by atoms with Crippen LogP contribution in [0.1, 0.15) is 66.0 Å². The zero-order valence-corrected chi connectivity index (χ0v) is 16.4. The molecule has 0 atom stereocenters. The third-order valence-electron chi connectivity index (χ3n) is 4.83. The van der Waals surface area contributed by atoms with Gasteiger partial charge in [-0.2, -0.15) is 0 Å². The molecular formula is C21H28N4O2. The van der Waals surface area contributed by atoms with Gasteiger partial charge in [-0.25, -0.2) is 4.98 Å². The van der Waals surface area contributed by atoms with E-state index in [2.05, 4.69) is 10.3 Å². The van der Waals surface area contributed by atoms with E-state index in [0.29, 0.717) is 24.6 Å². The highest BCUT2D eigenvalue weighted by atomic mass is 16.2. The van der Waals surface area contributed by atoms with Gasteiger partial charge in [-0.05, 0) is 45.6 Å². The summed E-state index contributed by atoms with van der Waals surface area (Å²) in [5.41, 5.74) is 2.41. The molecule has 6 heteroatoms. The van der Waals surface area contributed by atoms with E-state index in [1.165, 1.54) is 0 Å². The lowest BCUT2D eigenvalue weighted by atomic mass is 10.1. The number of carbonyl (C=O) groups excluding carboxylic acids is 2. The summed E-state index contributed by atoms with van der Waals surface area (Å²) >= 11 is 0. The molecule has 144 valence electrons. The number of nitrogens with one attached hydrogen (secondary N) is 1. The molecule has 0 saturated heterocycles. The van der Waals surface area contributed by atoms with Crippen molar-refractivity contribution in [2.45, 2.75) is 59.2 Å². The van der Waals surface area contributed by atoms with Crippen LogP contribution in [0.3, 0.4) is 0 Å². The molecule has 3 rings (SSSR count). The highest BCUT2D eigenvalue weighted by Crippen LogP contribution is 2.23. The second-order valence-electron chi connectivity index (χ2n) is 7.27. The average Bonchev–Trinajstić information content (AvgIpc) is 3.06. The van der Waals surface area contributed by atoms with Gasteiger partial charge in [-0.1, -0.05) is 30.3 Å². The number of benzene rings is 1. The van der Waals surface area contributed by atoms with Crippen molar-refractivity contribution in [2.24, 2.45) is 0 Å². The van der Waals surface area contributed by atoms with E-state index in [9.17, 15) is 9.59 Å². The number of rotatable bonds is 6. The number of amides is 2. The van der Waals surface area contributed by atoms with Crippen molar-refractivity contribution < 1.29 is 9.59 Å². The fourth-order valence-electron chi connectivity index (χ4n) is 3.50. The Balaban J connectivity index is 1.91. The number of hydrogen-bond donors (Lipinski definition) is 1. The topological polar surface area (TPSA) is 67.2 Å². The SMILES string of the molecule is CCN(Cc1ccccc1)C(=O)c1nc(C(=O)NC(C)C)n2c1CCCC2. The molecule has 0 aliphatic carbocycles. The molecule has 1 aromatic carbocycles. The molecule has 2 aromatic rings. The van der Waals surface area contributed by atoms with Crippen molar-refractivity contribution in [2.75, 3.05) is 6.54 Å². The number of aromatic nitrogens is 2. The van der Waals surface area contributed by atoms with Crippen LogP contribution in [0.4, 0.5) is 0 Å². The maximum absolute atomic E-state index is 13.2. The maximum Gasteiger partial charge on any atom is 0.287 e. The first-order chi connectivity index (χ1) is 13.0. The van der Waals surface area contributed by atoms with Gasteiger partial charge in [-0.3, -0.25) is 9.59 Å². The van der Waals surface area contributed by atoms with Crippen LogP contribution in [0.15, 0.2) is 30.3 Å². The molecule has 0 radical (unpaired) electrons. The Kier molecular flexibility index (Phi) is 5.94. The summed E-state index contributed by atoms with van der Waals surface area (Å²) in [6.07, 6.45) is 2.80. The molecule has 2 amide bonds. The Morgan fingerprint density at radius 1 is 1.22 bits per heavy atom. The quantitative estimate of drug-likeness (QED) is 0.852. The third kappa shape index (κ3) is 4.21. The molecule has 1 aliphatic heterocycles. The van der Waals surface area contributed by atoms with Gasteiger partial charge in [-0.15, -0.1) is 0 Å². The molecule has 1 aliphatic rings. The fourth-order valence-corrected chi connectivity index (χ4v) is 3.50. The lowest BCUT2D eigenvalue weighted by Gasteiger charge is -2.22. The lowest BCUT2D eigenvalue weighted by Crippen LogP contribution is -2.33. The number of fused-ring (bicyclic) bond motifs is 1. The van der Waals surface area contributed by atoms with Crippen molar-refractivity contribution >= 4 is 11.8 Å². The van der Waals surface area contributed by atoms with E-state index in [1.807, 2.05) is 55.7 Å². The van der Waals surface area contributed by atoms with Crippen LogP contribution in [-0.4, -0.2) is 38.9 Å². The Bertz CT molecular complexity index is 811. The summed E-state index contributed by atoms with van der Waals surface area (Å²) in [5.74, 6) is 0.0476. The zero-order chi connectivity index (χ0) is 19.4. The fraction of sp³-hybridized carbons (Fsp3) is 0.476. The third-order valence-corrected chi connectivity index (χ3v) is 4.83. The average molecular weight is 368 g/mol. The summed E-state index contributed by atoms with van der Waals surface area (Å²) in [4.78, 5) is 32.1. The number of imidazole rings is 1. The minimum absolute atomic E-state index is 0.0263. The highest BCUT2D eigenvalue weighted by molar-refractivity contribution is 5.97. The van der Waals surface area contributed by atoms with Crippen LogP contribution in [0.2, 0.25) is 0 Å². The first-order valence-electron chi connectivity index (χ1n) is 9.74. The maximum atomic E-state index is 13.2. The van der Waals surface area contributed by atoms with Crippen LogP contribution in [-0.2, 0) is 19.5 Å². The number of nitrogens with zero attached hydrogens (tertiary/aromatic N) is 3. The smallest absolute Gasteiger partial charge is 0.287 e. The molecule has 6 nitrogen and oxygen atoms in total. The van der Waals surface area contributed by atoms with Crippen LogP contribution in [0.25, 0.3) is 0 Å². The molecule has 0 spiro atoms.